The first kappa shape index (κ1) is 32.7. The number of nitrogens with one attached hydrogen (secondary N) is 3. The first-order valence-electron chi connectivity index (χ1n) is 15.2. The van der Waals surface area contributed by atoms with Gasteiger partial charge in [-0.05, 0) is 48.5 Å². The van der Waals surface area contributed by atoms with Gasteiger partial charge in [0.2, 0.25) is 5.91 Å². The fraction of sp³-hybridized carbons (Fsp3) is 0.0513. The lowest BCUT2D eigenvalue weighted by Gasteiger charge is -2.20. The van der Waals surface area contributed by atoms with E-state index in [1.54, 1.807) is 121 Å². The average Bonchev–Trinajstić information content (AvgIpc) is 3.13. The lowest BCUT2D eigenvalue weighted by Crippen LogP contribution is -2.30. The number of para-hydroxylation sites is 1. The molecule has 1 aliphatic carbocycles. The summed E-state index contributed by atoms with van der Waals surface area (Å²) in [6, 6.07) is 34.0. The third kappa shape index (κ3) is 7.34. The van der Waals surface area contributed by atoms with Gasteiger partial charge in [0.1, 0.15) is 11.4 Å². The molecule has 0 saturated heterocycles. The number of methoxy groups -OCH3 is 1. The third-order valence-electron chi connectivity index (χ3n) is 7.66. The van der Waals surface area contributed by atoms with Crippen LogP contribution in [0.1, 0.15) is 47.8 Å². The number of fused-ring (bicyclic) bond motifs is 2. The molecule has 0 heterocycles. The predicted octanol–water partition coefficient (Wildman–Crippen LogP) is 6.61. The molecule has 0 spiro atoms. The van der Waals surface area contributed by atoms with Gasteiger partial charge in [-0.3, -0.25) is 24.0 Å². The van der Waals surface area contributed by atoms with E-state index in [9.17, 15) is 24.0 Å². The van der Waals surface area contributed by atoms with E-state index < -0.39 is 11.8 Å². The van der Waals surface area contributed by atoms with Gasteiger partial charge >= 0.3 is 0 Å². The highest BCUT2D eigenvalue weighted by molar-refractivity contribution is 8.00. The first-order valence-corrected chi connectivity index (χ1v) is 16.2. The molecule has 6 rings (SSSR count). The molecule has 9 nitrogen and oxygen atoms in total. The van der Waals surface area contributed by atoms with Gasteiger partial charge in [0.05, 0.1) is 24.1 Å². The highest BCUT2D eigenvalue weighted by atomic mass is 32.2. The molecule has 49 heavy (non-hydrogen) atoms. The first-order chi connectivity index (χ1) is 23.8. The van der Waals surface area contributed by atoms with Gasteiger partial charge in [-0.2, -0.15) is 0 Å². The second-order valence-electron chi connectivity index (χ2n) is 10.9. The number of benzene rings is 5. The van der Waals surface area contributed by atoms with Crippen LogP contribution < -0.4 is 20.7 Å². The van der Waals surface area contributed by atoms with Gasteiger partial charge in [0, 0.05) is 38.4 Å². The summed E-state index contributed by atoms with van der Waals surface area (Å²) < 4.78 is 5.43. The van der Waals surface area contributed by atoms with E-state index in [1.807, 2.05) is 0 Å². The van der Waals surface area contributed by atoms with Gasteiger partial charge < -0.3 is 20.7 Å². The standard InChI is InChI=1S/C39H29N3O6S/c1-48-33-20-8-5-13-25(33)21-32(42-38(46)24-11-3-2-4-12-24)39(47)40-26-14-9-15-27(22-26)49-23-34(43)41-31-19-10-18-30-35(31)37(45)29-17-7-6-16-28(29)36(30)44/h2-22H,23H2,1H3,(H,40,47)(H,41,43)(H,42,46)/b32-21+. The SMILES string of the molecule is COc1ccccc1/C=C(/NC(=O)c1ccccc1)C(=O)Nc1cccc(SCC(=O)Nc2cccc3c2C(=O)c2ccccc2C3=O)c1. The van der Waals surface area contributed by atoms with Crippen LogP contribution in [0.15, 0.2) is 132 Å². The Morgan fingerprint density at radius 2 is 1.39 bits per heavy atom. The molecular weight excluding hydrogens is 639 g/mol. The maximum absolute atomic E-state index is 13.6. The predicted molar refractivity (Wildman–Crippen MR) is 189 cm³/mol. The number of hydrogen-bond donors (Lipinski definition) is 3. The molecule has 3 N–H and O–H groups in total. The van der Waals surface area contributed by atoms with Crippen molar-refractivity contribution < 1.29 is 28.7 Å². The largest absolute Gasteiger partial charge is 0.496 e. The van der Waals surface area contributed by atoms with E-state index >= 15 is 0 Å². The minimum atomic E-state index is -0.565. The van der Waals surface area contributed by atoms with Crippen LogP contribution in [0.4, 0.5) is 11.4 Å². The molecular formula is C39H29N3O6S. The average molecular weight is 668 g/mol. The molecule has 0 atom stereocenters. The van der Waals surface area contributed by atoms with E-state index in [2.05, 4.69) is 16.0 Å². The zero-order valence-electron chi connectivity index (χ0n) is 26.2. The van der Waals surface area contributed by atoms with Crippen LogP contribution in [0.2, 0.25) is 0 Å². The maximum atomic E-state index is 13.6. The Labute approximate surface area is 286 Å². The number of anilines is 2. The molecule has 0 aromatic heterocycles. The van der Waals surface area contributed by atoms with Gasteiger partial charge in [0.15, 0.2) is 11.6 Å². The monoisotopic (exact) mass is 667 g/mol. The molecule has 5 aromatic rings. The Kier molecular flexibility index (Phi) is 9.78. The van der Waals surface area contributed by atoms with Crippen molar-refractivity contribution in [2.24, 2.45) is 0 Å². The van der Waals surface area contributed by atoms with E-state index in [4.69, 9.17) is 4.74 Å². The van der Waals surface area contributed by atoms with Gasteiger partial charge in [-0.1, -0.05) is 78.9 Å². The fourth-order valence-electron chi connectivity index (χ4n) is 5.33. The molecule has 0 radical (unpaired) electrons. The number of rotatable bonds is 10. The Morgan fingerprint density at radius 3 is 2.16 bits per heavy atom. The molecule has 3 amide bonds. The number of ether oxygens (including phenoxy) is 1. The van der Waals surface area contributed by atoms with E-state index in [1.165, 1.54) is 24.9 Å². The topological polar surface area (TPSA) is 131 Å². The second kappa shape index (κ2) is 14.7. The van der Waals surface area contributed by atoms with Crippen molar-refractivity contribution in [1.29, 1.82) is 0 Å². The van der Waals surface area contributed by atoms with Crippen molar-refractivity contribution >= 4 is 58.5 Å². The van der Waals surface area contributed by atoms with Crippen LogP contribution in [0.25, 0.3) is 6.08 Å². The Hall–Kier alpha value is -6.26. The molecule has 0 unspecified atom stereocenters. The molecule has 10 heteroatoms. The number of carbonyl (C=O) groups excluding carboxylic acids is 5. The summed E-state index contributed by atoms with van der Waals surface area (Å²) in [7, 11) is 1.52. The van der Waals surface area contributed by atoms with Gasteiger partial charge in [-0.25, -0.2) is 0 Å². The smallest absolute Gasteiger partial charge is 0.272 e. The molecule has 5 aromatic carbocycles. The van der Waals surface area contributed by atoms with Crippen LogP contribution in [0.5, 0.6) is 5.75 Å². The molecule has 0 saturated carbocycles. The van der Waals surface area contributed by atoms with Gasteiger partial charge in [0.25, 0.3) is 11.8 Å². The Balaban J connectivity index is 1.15. The highest BCUT2D eigenvalue weighted by Crippen LogP contribution is 2.32. The van der Waals surface area contributed by atoms with Gasteiger partial charge in [-0.15, -0.1) is 11.8 Å². The summed E-state index contributed by atoms with van der Waals surface area (Å²) in [6.07, 6.45) is 1.54. The number of amides is 3. The molecule has 242 valence electrons. The minimum Gasteiger partial charge on any atom is -0.496 e. The quantitative estimate of drug-likeness (QED) is 0.111. The third-order valence-corrected chi connectivity index (χ3v) is 8.65. The summed E-state index contributed by atoms with van der Waals surface area (Å²) >= 11 is 1.22. The lowest BCUT2D eigenvalue weighted by molar-refractivity contribution is -0.114. The van der Waals surface area contributed by atoms with Crippen molar-refractivity contribution in [3.8, 4) is 5.75 Å². The van der Waals surface area contributed by atoms with Crippen molar-refractivity contribution in [3.05, 3.63) is 160 Å². The highest BCUT2D eigenvalue weighted by Gasteiger charge is 2.31. The summed E-state index contributed by atoms with van der Waals surface area (Å²) in [5.74, 6) is -1.47. The minimum absolute atomic E-state index is 0.00219. The van der Waals surface area contributed by atoms with Crippen molar-refractivity contribution in [3.63, 3.8) is 0 Å². The van der Waals surface area contributed by atoms with Crippen molar-refractivity contribution in [1.82, 2.24) is 5.32 Å². The normalized spacial score (nSPS) is 12.0. The number of hydrogen-bond acceptors (Lipinski definition) is 7. The molecule has 0 fully saturated rings. The summed E-state index contributed by atoms with van der Waals surface area (Å²) in [5, 5.41) is 8.33. The van der Waals surface area contributed by atoms with E-state index in [-0.39, 0.29) is 45.7 Å². The lowest BCUT2D eigenvalue weighted by atomic mass is 9.83. The Bertz CT molecular complexity index is 2140. The summed E-state index contributed by atoms with van der Waals surface area (Å²) in [4.78, 5) is 66.7. The number of ketones is 2. The summed E-state index contributed by atoms with van der Waals surface area (Å²) in [5.41, 5.74) is 2.74. The number of carbonyl (C=O) groups is 5. The van der Waals surface area contributed by atoms with Crippen LogP contribution in [-0.4, -0.2) is 42.2 Å². The van der Waals surface area contributed by atoms with Crippen molar-refractivity contribution in [2.45, 2.75) is 4.90 Å². The zero-order valence-corrected chi connectivity index (χ0v) is 27.0. The molecule has 0 bridgehead atoms. The fourth-order valence-corrected chi connectivity index (χ4v) is 6.09. The van der Waals surface area contributed by atoms with E-state index in [0.29, 0.717) is 38.6 Å². The Morgan fingerprint density at radius 1 is 0.714 bits per heavy atom. The van der Waals surface area contributed by atoms with Crippen LogP contribution in [-0.2, 0) is 9.59 Å². The second-order valence-corrected chi connectivity index (χ2v) is 11.9. The van der Waals surface area contributed by atoms with Crippen molar-refractivity contribution in [2.75, 3.05) is 23.5 Å². The van der Waals surface area contributed by atoms with Crippen LogP contribution >= 0.6 is 11.8 Å². The molecule has 1 aliphatic rings. The number of thioether (sulfide) groups is 1. The maximum Gasteiger partial charge on any atom is 0.272 e. The zero-order chi connectivity index (χ0) is 34.3. The summed E-state index contributed by atoms with van der Waals surface area (Å²) in [6.45, 7) is 0. The van der Waals surface area contributed by atoms with Crippen LogP contribution in [0.3, 0.4) is 0 Å². The molecule has 0 aliphatic heterocycles. The van der Waals surface area contributed by atoms with Crippen LogP contribution in [0, 0.1) is 0 Å². The van der Waals surface area contributed by atoms with E-state index in [0.717, 1.165) is 0 Å².